The second-order valence-corrected chi connectivity index (χ2v) is 7.33. The van der Waals surface area contributed by atoms with Crippen molar-refractivity contribution in [2.24, 2.45) is 0 Å². The van der Waals surface area contributed by atoms with Crippen LogP contribution in [0.15, 0.2) is 54.7 Å². The van der Waals surface area contributed by atoms with Crippen molar-refractivity contribution < 1.29 is 14.3 Å². The third-order valence-corrected chi connectivity index (χ3v) is 4.94. The number of aromatic nitrogens is 1. The summed E-state index contributed by atoms with van der Waals surface area (Å²) in [5.74, 6) is 1.11. The quantitative estimate of drug-likeness (QED) is 0.655. The van der Waals surface area contributed by atoms with E-state index in [-0.39, 0.29) is 5.91 Å². The van der Waals surface area contributed by atoms with Crippen LogP contribution in [-0.4, -0.2) is 24.1 Å². The number of amides is 1. The fourth-order valence-electron chi connectivity index (χ4n) is 2.47. The highest BCUT2D eigenvalue weighted by atomic mass is 32.1. The number of anilines is 1. The molecule has 0 aliphatic carbocycles. The van der Waals surface area contributed by atoms with Gasteiger partial charge in [0.15, 0.2) is 11.2 Å². The van der Waals surface area contributed by atoms with Gasteiger partial charge in [0.2, 0.25) is 0 Å². The number of benzene rings is 2. The number of thiazole rings is 1. The Labute approximate surface area is 163 Å². The Morgan fingerprint density at radius 1 is 1.11 bits per heavy atom. The number of nitrogens with one attached hydrogen (secondary N) is 1. The van der Waals surface area contributed by atoms with Crippen LogP contribution in [0.5, 0.6) is 11.5 Å². The molecule has 1 amide bonds. The summed E-state index contributed by atoms with van der Waals surface area (Å²) < 4.78 is 10.8. The van der Waals surface area contributed by atoms with Crippen LogP contribution in [0.25, 0.3) is 0 Å². The van der Waals surface area contributed by atoms with Gasteiger partial charge in [0.1, 0.15) is 11.5 Å². The number of carbonyl (C=O) groups is 1. The fraction of sp³-hybridized carbons (Fsp3) is 0.238. The molecule has 1 aromatic heterocycles. The molecule has 140 valence electrons. The molecular formula is C21H22N2O3S. The van der Waals surface area contributed by atoms with Gasteiger partial charge in [-0.2, -0.15) is 0 Å². The predicted octanol–water partition coefficient (Wildman–Crippen LogP) is 4.46. The van der Waals surface area contributed by atoms with Gasteiger partial charge in [0.05, 0.1) is 7.11 Å². The lowest BCUT2D eigenvalue weighted by Crippen LogP contribution is -2.30. The number of hydrogen-bond acceptors (Lipinski definition) is 5. The molecule has 0 aliphatic rings. The van der Waals surface area contributed by atoms with Crippen molar-refractivity contribution in [2.75, 3.05) is 12.4 Å². The van der Waals surface area contributed by atoms with E-state index in [0.717, 1.165) is 17.0 Å². The lowest BCUT2D eigenvalue weighted by atomic mass is 10.1. The molecule has 0 aliphatic heterocycles. The van der Waals surface area contributed by atoms with E-state index in [0.29, 0.717) is 10.9 Å². The van der Waals surface area contributed by atoms with Crippen molar-refractivity contribution in [3.8, 4) is 11.5 Å². The molecule has 0 bridgehead atoms. The number of ether oxygens (including phenoxy) is 2. The number of rotatable bonds is 7. The van der Waals surface area contributed by atoms with Crippen molar-refractivity contribution in [1.29, 1.82) is 0 Å². The number of nitrogens with zero attached hydrogens (tertiary/aromatic N) is 1. The third kappa shape index (κ3) is 5.31. The molecule has 0 saturated heterocycles. The first-order valence-corrected chi connectivity index (χ1v) is 9.47. The van der Waals surface area contributed by atoms with Crippen LogP contribution in [0.3, 0.4) is 0 Å². The van der Waals surface area contributed by atoms with E-state index in [1.807, 2.05) is 0 Å². The smallest absolute Gasteiger partial charge is 0.266 e. The molecule has 27 heavy (non-hydrogen) atoms. The van der Waals surface area contributed by atoms with Crippen molar-refractivity contribution in [1.82, 2.24) is 4.98 Å². The normalized spacial score (nSPS) is 11.7. The van der Waals surface area contributed by atoms with Gasteiger partial charge in [0, 0.05) is 17.5 Å². The van der Waals surface area contributed by atoms with E-state index >= 15 is 0 Å². The summed E-state index contributed by atoms with van der Waals surface area (Å²) >= 11 is 1.47. The minimum Gasteiger partial charge on any atom is -0.497 e. The van der Waals surface area contributed by atoms with E-state index in [1.165, 1.54) is 22.5 Å². The van der Waals surface area contributed by atoms with E-state index in [9.17, 15) is 4.79 Å². The summed E-state index contributed by atoms with van der Waals surface area (Å²) in [5.41, 5.74) is 2.46. The number of hydrogen-bond donors (Lipinski definition) is 1. The minimum atomic E-state index is -0.636. The highest BCUT2D eigenvalue weighted by molar-refractivity contribution is 7.15. The van der Waals surface area contributed by atoms with E-state index in [1.54, 1.807) is 44.5 Å². The largest absolute Gasteiger partial charge is 0.497 e. The van der Waals surface area contributed by atoms with Crippen LogP contribution in [-0.2, 0) is 11.2 Å². The highest BCUT2D eigenvalue weighted by Crippen LogP contribution is 2.22. The first kappa shape index (κ1) is 18.9. The molecule has 0 fully saturated rings. The van der Waals surface area contributed by atoms with Crippen molar-refractivity contribution in [3.63, 3.8) is 0 Å². The van der Waals surface area contributed by atoms with E-state index in [4.69, 9.17) is 9.47 Å². The van der Waals surface area contributed by atoms with Gasteiger partial charge in [-0.15, -0.1) is 11.3 Å². The average molecular weight is 382 g/mol. The van der Waals surface area contributed by atoms with Crippen LogP contribution in [0.2, 0.25) is 0 Å². The maximum Gasteiger partial charge on any atom is 0.266 e. The molecule has 1 N–H and O–H groups in total. The standard InChI is InChI=1S/C21H22N2O3S/c1-14-4-6-16(7-5-14)12-19-13-22-21(27-19)23-20(24)15(2)26-18-10-8-17(25-3)9-11-18/h4-11,13,15H,12H2,1-3H3,(H,22,23,24). The molecule has 3 rings (SSSR count). The summed E-state index contributed by atoms with van der Waals surface area (Å²) in [6.45, 7) is 3.78. The van der Waals surface area contributed by atoms with E-state index < -0.39 is 6.10 Å². The van der Waals surface area contributed by atoms with Crippen molar-refractivity contribution in [2.45, 2.75) is 26.4 Å². The number of carbonyl (C=O) groups excluding carboxylic acids is 1. The maximum absolute atomic E-state index is 12.4. The minimum absolute atomic E-state index is 0.234. The van der Waals surface area contributed by atoms with Crippen molar-refractivity contribution >= 4 is 22.4 Å². The van der Waals surface area contributed by atoms with E-state index in [2.05, 4.69) is 41.5 Å². The molecule has 2 aromatic carbocycles. The van der Waals surface area contributed by atoms with Gasteiger partial charge in [-0.3, -0.25) is 10.1 Å². The fourth-order valence-corrected chi connectivity index (χ4v) is 3.32. The second-order valence-electron chi connectivity index (χ2n) is 6.22. The van der Waals surface area contributed by atoms with Crippen LogP contribution >= 0.6 is 11.3 Å². The Kier molecular flexibility index (Phi) is 6.08. The molecule has 0 saturated carbocycles. The Balaban J connectivity index is 1.55. The lowest BCUT2D eigenvalue weighted by Gasteiger charge is -2.13. The Hall–Kier alpha value is -2.86. The highest BCUT2D eigenvalue weighted by Gasteiger charge is 2.16. The summed E-state index contributed by atoms with van der Waals surface area (Å²) in [6.07, 6.45) is 1.96. The zero-order valence-corrected chi connectivity index (χ0v) is 16.4. The van der Waals surface area contributed by atoms with Crippen molar-refractivity contribution in [3.05, 3.63) is 70.7 Å². The van der Waals surface area contributed by atoms with Gasteiger partial charge in [-0.25, -0.2) is 4.98 Å². The molecule has 0 spiro atoms. The second kappa shape index (κ2) is 8.68. The molecule has 1 atom stereocenters. The molecule has 3 aromatic rings. The Bertz CT molecular complexity index is 889. The Morgan fingerprint density at radius 2 is 1.78 bits per heavy atom. The first-order chi connectivity index (χ1) is 13.0. The maximum atomic E-state index is 12.4. The molecule has 6 heteroatoms. The third-order valence-electron chi connectivity index (χ3n) is 4.02. The van der Waals surface area contributed by atoms with Crippen LogP contribution in [0, 0.1) is 6.92 Å². The molecule has 1 unspecified atom stereocenters. The van der Waals surface area contributed by atoms with Crippen LogP contribution in [0.1, 0.15) is 22.9 Å². The van der Waals surface area contributed by atoms with Gasteiger partial charge in [-0.05, 0) is 43.7 Å². The summed E-state index contributed by atoms with van der Waals surface area (Å²) in [5, 5.41) is 3.39. The SMILES string of the molecule is COc1ccc(OC(C)C(=O)Nc2ncc(Cc3ccc(C)cc3)s2)cc1. The molecule has 5 nitrogen and oxygen atoms in total. The summed E-state index contributed by atoms with van der Waals surface area (Å²) in [4.78, 5) is 17.7. The summed E-state index contributed by atoms with van der Waals surface area (Å²) in [7, 11) is 1.60. The number of aryl methyl sites for hydroxylation is 1. The summed E-state index contributed by atoms with van der Waals surface area (Å²) in [6, 6.07) is 15.5. The zero-order valence-electron chi connectivity index (χ0n) is 15.6. The molecule has 1 heterocycles. The molecule has 0 radical (unpaired) electrons. The van der Waals surface area contributed by atoms with Gasteiger partial charge < -0.3 is 9.47 Å². The topological polar surface area (TPSA) is 60.5 Å². The molecular weight excluding hydrogens is 360 g/mol. The Morgan fingerprint density at radius 3 is 2.44 bits per heavy atom. The monoisotopic (exact) mass is 382 g/mol. The zero-order chi connectivity index (χ0) is 19.2. The number of methoxy groups -OCH3 is 1. The average Bonchev–Trinajstić information content (AvgIpc) is 3.11. The predicted molar refractivity (Wildman–Crippen MR) is 108 cm³/mol. The lowest BCUT2D eigenvalue weighted by molar-refractivity contribution is -0.122. The first-order valence-electron chi connectivity index (χ1n) is 8.65. The van der Waals surface area contributed by atoms with Gasteiger partial charge >= 0.3 is 0 Å². The van der Waals surface area contributed by atoms with Crippen LogP contribution in [0.4, 0.5) is 5.13 Å². The van der Waals surface area contributed by atoms with Crippen LogP contribution < -0.4 is 14.8 Å². The van der Waals surface area contributed by atoms with Gasteiger partial charge in [0.25, 0.3) is 5.91 Å². The van der Waals surface area contributed by atoms with Gasteiger partial charge in [-0.1, -0.05) is 29.8 Å².